The molecule has 1 amide bonds. The van der Waals surface area contributed by atoms with Gasteiger partial charge in [-0.05, 0) is 57.3 Å². The van der Waals surface area contributed by atoms with E-state index in [2.05, 4.69) is 38.7 Å². The molecule has 4 rings (SSSR count). The topological polar surface area (TPSA) is 68.0 Å². The summed E-state index contributed by atoms with van der Waals surface area (Å²) in [5.41, 5.74) is 5.68. The van der Waals surface area contributed by atoms with Gasteiger partial charge in [-0.3, -0.25) is 10.1 Å². The Morgan fingerprint density at radius 1 is 1.03 bits per heavy atom. The molecule has 0 aliphatic carbocycles. The number of imidazole rings is 1. The summed E-state index contributed by atoms with van der Waals surface area (Å²) >= 11 is 0. The largest absolute Gasteiger partial charge is 0.309 e. The number of likely N-dealkylation sites (N-methyl/N-ethyl adjacent to an activating group) is 1. The number of fused-ring (bicyclic) bond motifs is 1. The highest BCUT2D eigenvalue weighted by molar-refractivity contribution is 6.02. The highest BCUT2D eigenvalue weighted by atomic mass is 16.1. The molecule has 7 heteroatoms. The summed E-state index contributed by atoms with van der Waals surface area (Å²) in [6, 6.07) is 18.0. The van der Waals surface area contributed by atoms with Crippen LogP contribution < -0.4 is 5.32 Å². The van der Waals surface area contributed by atoms with Crippen molar-refractivity contribution in [3.63, 3.8) is 0 Å². The number of hydrogen-bond acceptors (Lipinski definition) is 4. The zero-order valence-corrected chi connectivity index (χ0v) is 20.3. The van der Waals surface area contributed by atoms with Gasteiger partial charge in [-0.25, -0.2) is 9.67 Å². The lowest BCUT2D eigenvalue weighted by Gasteiger charge is -2.19. The number of carbonyl (C=O) groups is 1. The molecule has 0 fully saturated rings. The standard InChI is InChI=1S/C27H32N6O/c1-5-31(6-2)18-19-32-25-15-11-10-14-24(25)28-27(32)29-26(34)17-16-23-20(3)30-33(21(23)4)22-12-8-7-9-13-22/h7-17H,5-6,18-19H2,1-4H3,(H,28,29,34). The number of amides is 1. The molecule has 0 aliphatic rings. The van der Waals surface area contributed by atoms with Crippen LogP contribution in [0.3, 0.4) is 0 Å². The van der Waals surface area contributed by atoms with Gasteiger partial charge in [0.05, 0.1) is 22.4 Å². The van der Waals surface area contributed by atoms with Crippen LogP contribution in [0.5, 0.6) is 0 Å². The second-order valence-corrected chi connectivity index (χ2v) is 8.26. The number of benzene rings is 2. The van der Waals surface area contributed by atoms with Crippen molar-refractivity contribution >= 4 is 29.0 Å². The molecule has 34 heavy (non-hydrogen) atoms. The van der Waals surface area contributed by atoms with Crippen molar-refractivity contribution in [1.82, 2.24) is 24.2 Å². The average Bonchev–Trinajstić information content (AvgIpc) is 3.34. The van der Waals surface area contributed by atoms with Crippen molar-refractivity contribution in [1.29, 1.82) is 0 Å². The Morgan fingerprint density at radius 3 is 2.47 bits per heavy atom. The lowest BCUT2D eigenvalue weighted by Crippen LogP contribution is -2.27. The molecule has 176 valence electrons. The van der Waals surface area contributed by atoms with Gasteiger partial charge in [-0.1, -0.05) is 44.2 Å². The normalized spacial score (nSPS) is 11.7. The second-order valence-electron chi connectivity index (χ2n) is 8.26. The van der Waals surface area contributed by atoms with Gasteiger partial charge >= 0.3 is 0 Å². The Bertz CT molecular complexity index is 1300. The molecular formula is C27H32N6O. The van der Waals surface area contributed by atoms with Crippen molar-refractivity contribution in [3.05, 3.63) is 77.6 Å². The molecule has 2 heterocycles. The van der Waals surface area contributed by atoms with E-state index in [1.54, 1.807) is 6.08 Å². The fraction of sp³-hybridized carbons (Fsp3) is 0.296. The first-order valence-corrected chi connectivity index (χ1v) is 11.8. The predicted molar refractivity (Wildman–Crippen MR) is 138 cm³/mol. The summed E-state index contributed by atoms with van der Waals surface area (Å²) in [6.45, 7) is 11.9. The fourth-order valence-electron chi connectivity index (χ4n) is 4.21. The van der Waals surface area contributed by atoms with E-state index in [9.17, 15) is 4.79 Å². The number of anilines is 1. The van der Waals surface area contributed by atoms with Crippen LogP contribution in [-0.2, 0) is 11.3 Å². The first-order valence-electron chi connectivity index (χ1n) is 11.8. The summed E-state index contributed by atoms with van der Waals surface area (Å²) in [5, 5.41) is 7.64. The van der Waals surface area contributed by atoms with Gasteiger partial charge in [0.15, 0.2) is 0 Å². The van der Waals surface area contributed by atoms with Crippen molar-refractivity contribution < 1.29 is 4.79 Å². The monoisotopic (exact) mass is 456 g/mol. The minimum Gasteiger partial charge on any atom is -0.309 e. The van der Waals surface area contributed by atoms with E-state index < -0.39 is 0 Å². The smallest absolute Gasteiger partial charge is 0.250 e. The first-order chi connectivity index (χ1) is 16.5. The zero-order chi connectivity index (χ0) is 24.1. The van der Waals surface area contributed by atoms with E-state index in [-0.39, 0.29) is 5.91 Å². The van der Waals surface area contributed by atoms with Crippen molar-refractivity contribution in [2.45, 2.75) is 34.2 Å². The Hall–Kier alpha value is -3.71. The fourth-order valence-corrected chi connectivity index (χ4v) is 4.21. The van der Waals surface area contributed by atoms with Crippen LogP contribution in [0.1, 0.15) is 30.8 Å². The van der Waals surface area contributed by atoms with Crippen LogP contribution in [0, 0.1) is 13.8 Å². The van der Waals surface area contributed by atoms with Gasteiger partial charge in [0.25, 0.3) is 5.91 Å². The number of nitrogens with zero attached hydrogens (tertiary/aromatic N) is 5. The third kappa shape index (κ3) is 4.94. The minimum absolute atomic E-state index is 0.217. The van der Waals surface area contributed by atoms with Gasteiger partial charge < -0.3 is 9.47 Å². The molecule has 0 spiro atoms. The predicted octanol–water partition coefficient (Wildman–Crippen LogP) is 4.83. The van der Waals surface area contributed by atoms with Gasteiger partial charge in [0.1, 0.15) is 0 Å². The summed E-state index contributed by atoms with van der Waals surface area (Å²) in [5.74, 6) is 0.349. The molecule has 0 saturated heterocycles. The molecule has 0 unspecified atom stereocenters. The molecule has 0 bridgehead atoms. The summed E-state index contributed by atoms with van der Waals surface area (Å²) in [6.07, 6.45) is 3.38. The average molecular weight is 457 g/mol. The third-order valence-corrected chi connectivity index (χ3v) is 6.17. The van der Waals surface area contributed by atoms with E-state index in [4.69, 9.17) is 0 Å². The number of nitrogens with one attached hydrogen (secondary N) is 1. The quantitative estimate of drug-likeness (QED) is 0.366. The van der Waals surface area contributed by atoms with Crippen molar-refractivity contribution in [2.24, 2.45) is 0 Å². The lowest BCUT2D eigenvalue weighted by atomic mass is 10.2. The van der Waals surface area contributed by atoms with Crippen molar-refractivity contribution in [3.8, 4) is 5.69 Å². The number of aryl methyl sites for hydroxylation is 1. The van der Waals surface area contributed by atoms with Crippen LogP contribution in [-0.4, -0.2) is 49.8 Å². The molecule has 2 aromatic heterocycles. The maximum Gasteiger partial charge on any atom is 0.250 e. The molecule has 0 aliphatic heterocycles. The Morgan fingerprint density at radius 2 is 1.74 bits per heavy atom. The summed E-state index contributed by atoms with van der Waals surface area (Å²) in [7, 11) is 0. The minimum atomic E-state index is -0.217. The highest BCUT2D eigenvalue weighted by Crippen LogP contribution is 2.21. The summed E-state index contributed by atoms with van der Waals surface area (Å²) < 4.78 is 3.99. The number of aromatic nitrogens is 4. The van der Waals surface area contributed by atoms with Gasteiger partial charge in [-0.15, -0.1) is 0 Å². The van der Waals surface area contributed by atoms with E-state index in [0.29, 0.717) is 5.95 Å². The molecular weight excluding hydrogens is 424 g/mol. The van der Waals surface area contributed by atoms with Crippen LogP contribution in [0.4, 0.5) is 5.95 Å². The van der Waals surface area contributed by atoms with Gasteiger partial charge in [0, 0.05) is 30.4 Å². The van der Waals surface area contributed by atoms with Crippen LogP contribution in [0.15, 0.2) is 60.7 Å². The molecule has 1 N–H and O–H groups in total. The first kappa shape index (κ1) is 23.4. The van der Waals surface area contributed by atoms with E-state index in [0.717, 1.165) is 59.9 Å². The van der Waals surface area contributed by atoms with E-state index in [1.165, 1.54) is 0 Å². The Labute approximate surface area is 200 Å². The van der Waals surface area contributed by atoms with Gasteiger partial charge in [0.2, 0.25) is 5.95 Å². The number of hydrogen-bond donors (Lipinski definition) is 1. The van der Waals surface area contributed by atoms with E-state index in [1.807, 2.05) is 79.2 Å². The second kappa shape index (κ2) is 10.5. The molecule has 4 aromatic rings. The zero-order valence-electron chi connectivity index (χ0n) is 20.3. The van der Waals surface area contributed by atoms with Crippen LogP contribution >= 0.6 is 0 Å². The SMILES string of the molecule is CCN(CC)CCn1c(NC(=O)C=Cc2c(C)nn(-c3ccccc3)c2C)nc2ccccc21. The van der Waals surface area contributed by atoms with E-state index >= 15 is 0 Å². The molecule has 7 nitrogen and oxygen atoms in total. The lowest BCUT2D eigenvalue weighted by molar-refractivity contribution is -0.111. The molecule has 0 saturated carbocycles. The maximum atomic E-state index is 12.9. The number of para-hydroxylation sites is 3. The van der Waals surface area contributed by atoms with Crippen LogP contribution in [0.2, 0.25) is 0 Å². The highest BCUT2D eigenvalue weighted by Gasteiger charge is 2.14. The summed E-state index contributed by atoms with van der Waals surface area (Å²) in [4.78, 5) is 19.9. The van der Waals surface area contributed by atoms with Crippen LogP contribution in [0.25, 0.3) is 22.8 Å². The third-order valence-electron chi connectivity index (χ3n) is 6.17. The number of rotatable bonds is 9. The van der Waals surface area contributed by atoms with Crippen molar-refractivity contribution in [2.75, 3.05) is 25.0 Å². The Kier molecular flexibility index (Phi) is 7.23. The molecule has 0 radical (unpaired) electrons. The van der Waals surface area contributed by atoms with Gasteiger partial charge in [-0.2, -0.15) is 5.10 Å². The molecule has 2 aromatic carbocycles. The molecule has 0 atom stereocenters. The number of carbonyl (C=O) groups excluding carboxylic acids is 1. The Balaban J connectivity index is 1.55. The maximum absolute atomic E-state index is 12.9.